The molecule has 0 saturated heterocycles. The normalized spacial score (nSPS) is 16.6. The summed E-state index contributed by atoms with van der Waals surface area (Å²) in [4.78, 5) is 22.1. The molecular formula is C19H15Cl2F8N5O3S. The molecular weight excluding hydrogens is 601 g/mol. The fourth-order valence-electron chi connectivity index (χ4n) is 3.54. The summed E-state index contributed by atoms with van der Waals surface area (Å²) in [7, 11) is -9.21. The van der Waals surface area contributed by atoms with Gasteiger partial charge < -0.3 is 15.4 Å². The van der Waals surface area contributed by atoms with E-state index in [-0.39, 0.29) is 30.5 Å². The lowest BCUT2D eigenvalue weighted by molar-refractivity contribution is -0.143. The standard InChI is InChI=1S/C19H15Cl2F8N5O3S/c1-37-17(36)18(2-3-18)14-12(6-30)33-34(16(14)31-7-13(35)32-8-19(22,23)24)15-10(20)4-9(5-11(15)21)38(25,26,27,28)29/h4-5,31H,2-3,7-8H2,1H3,(H,32,35). The minimum atomic E-state index is -10.2. The summed E-state index contributed by atoms with van der Waals surface area (Å²) < 4.78 is 109. The lowest BCUT2D eigenvalue weighted by atomic mass is 9.95. The van der Waals surface area contributed by atoms with Crippen LogP contribution in [0.25, 0.3) is 5.69 Å². The van der Waals surface area contributed by atoms with E-state index in [1.807, 2.05) is 0 Å². The number of hydrogen-bond donors (Lipinski definition) is 2. The average Bonchev–Trinajstić information content (AvgIpc) is 3.49. The minimum absolute atomic E-state index is 0.0968. The van der Waals surface area contributed by atoms with Crippen molar-refractivity contribution in [1.29, 1.82) is 5.26 Å². The van der Waals surface area contributed by atoms with Gasteiger partial charge in [0.25, 0.3) is 0 Å². The SMILES string of the molecule is COC(=O)C1(c2c(C#N)nn(-c3c(Cl)cc(S(F)(F)(F)(F)F)cc3Cl)c2NCC(=O)NCC(F)(F)F)CC1. The Morgan fingerprint density at radius 2 is 1.74 bits per heavy atom. The maximum absolute atomic E-state index is 13.3. The molecule has 8 nitrogen and oxygen atoms in total. The van der Waals surface area contributed by atoms with Crippen molar-refractivity contribution in [3.05, 3.63) is 33.4 Å². The smallest absolute Gasteiger partial charge is 0.405 e. The Hall–Kier alpha value is -2.97. The molecule has 1 saturated carbocycles. The number of esters is 1. The number of carbonyl (C=O) groups excluding carboxylic acids is 2. The molecule has 1 amide bonds. The second-order valence-electron chi connectivity index (χ2n) is 8.12. The number of nitrogens with one attached hydrogen (secondary N) is 2. The van der Waals surface area contributed by atoms with E-state index >= 15 is 0 Å². The number of methoxy groups -OCH3 is 1. The summed E-state index contributed by atoms with van der Waals surface area (Å²) in [6, 6.07) is 1.42. The zero-order valence-electron chi connectivity index (χ0n) is 18.7. The number of rotatable bonds is 8. The highest BCUT2D eigenvalue weighted by Gasteiger charge is 2.66. The lowest BCUT2D eigenvalue weighted by Crippen LogP contribution is -2.37. The van der Waals surface area contributed by atoms with Crippen molar-refractivity contribution >= 4 is 51.1 Å². The zero-order chi connectivity index (χ0) is 29.0. The zero-order valence-corrected chi connectivity index (χ0v) is 21.1. The van der Waals surface area contributed by atoms with Crippen LogP contribution >= 0.6 is 33.4 Å². The molecule has 1 heterocycles. The molecule has 0 spiro atoms. The van der Waals surface area contributed by atoms with Crippen LogP contribution in [0.3, 0.4) is 0 Å². The lowest BCUT2D eigenvalue weighted by Gasteiger charge is -2.40. The summed E-state index contributed by atoms with van der Waals surface area (Å²) in [6.45, 7) is -2.60. The molecule has 0 unspecified atom stereocenters. The van der Waals surface area contributed by atoms with Gasteiger partial charge in [0.2, 0.25) is 5.91 Å². The van der Waals surface area contributed by atoms with Gasteiger partial charge in [-0.25, -0.2) is 4.68 Å². The first kappa shape index (κ1) is 29.6. The quantitative estimate of drug-likeness (QED) is 0.278. The molecule has 1 aliphatic rings. The molecule has 1 fully saturated rings. The average molecular weight is 616 g/mol. The van der Waals surface area contributed by atoms with Gasteiger partial charge in [0.15, 0.2) is 5.69 Å². The van der Waals surface area contributed by atoms with Gasteiger partial charge in [-0.3, -0.25) is 9.59 Å². The third-order valence-electron chi connectivity index (χ3n) is 5.35. The van der Waals surface area contributed by atoms with Gasteiger partial charge in [-0.1, -0.05) is 42.6 Å². The van der Waals surface area contributed by atoms with Crippen LogP contribution < -0.4 is 10.6 Å². The molecule has 38 heavy (non-hydrogen) atoms. The predicted octanol–water partition coefficient (Wildman–Crippen LogP) is 6.00. The first-order valence-corrected chi connectivity index (χ1v) is 12.8. The minimum Gasteiger partial charge on any atom is -0.468 e. The van der Waals surface area contributed by atoms with Gasteiger partial charge in [-0.05, 0) is 25.0 Å². The molecule has 1 aliphatic carbocycles. The van der Waals surface area contributed by atoms with E-state index in [0.717, 1.165) is 7.11 Å². The van der Waals surface area contributed by atoms with Crippen LogP contribution in [0.15, 0.2) is 17.0 Å². The summed E-state index contributed by atoms with van der Waals surface area (Å²) in [5.41, 5.74) is -2.87. The summed E-state index contributed by atoms with van der Waals surface area (Å²) in [5.74, 6) is -2.50. The molecule has 0 aliphatic heterocycles. The number of amides is 1. The van der Waals surface area contributed by atoms with Crippen LogP contribution in [-0.2, 0) is 19.7 Å². The number of anilines is 1. The number of nitrogens with zero attached hydrogens (tertiary/aromatic N) is 3. The molecule has 210 valence electrons. The summed E-state index contributed by atoms with van der Waals surface area (Å²) in [5, 5.41) is 15.5. The highest BCUT2D eigenvalue weighted by atomic mass is 35.5. The number of ether oxygens (including phenoxy) is 1. The van der Waals surface area contributed by atoms with E-state index in [2.05, 4.69) is 10.4 Å². The van der Waals surface area contributed by atoms with Crippen LogP contribution in [-0.4, -0.2) is 48.0 Å². The summed E-state index contributed by atoms with van der Waals surface area (Å²) >= 11 is 11.8. The predicted molar refractivity (Wildman–Crippen MR) is 120 cm³/mol. The van der Waals surface area contributed by atoms with E-state index in [1.165, 1.54) is 0 Å². The van der Waals surface area contributed by atoms with Crippen LogP contribution in [0, 0.1) is 11.3 Å². The highest BCUT2D eigenvalue weighted by molar-refractivity contribution is 8.45. The Kier molecular flexibility index (Phi) is 6.83. The fraction of sp³-hybridized carbons (Fsp3) is 0.368. The number of nitriles is 1. The van der Waals surface area contributed by atoms with Crippen LogP contribution in [0.4, 0.5) is 38.4 Å². The van der Waals surface area contributed by atoms with Crippen molar-refractivity contribution in [1.82, 2.24) is 15.1 Å². The van der Waals surface area contributed by atoms with E-state index in [4.69, 9.17) is 27.9 Å². The Labute approximate surface area is 218 Å². The van der Waals surface area contributed by atoms with E-state index < -0.39 is 78.9 Å². The first-order chi connectivity index (χ1) is 17.1. The van der Waals surface area contributed by atoms with Crippen molar-refractivity contribution in [2.24, 2.45) is 0 Å². The van der Waals surface area contributed by atoms with Crippen LogP contribution in [0.1, 0.15) is 24.1 Å². The number of hydrogen-bond acceptors (Lipinski definition) is 6. The maximum atomic E-state index is 13.3. The van der Waals surface area contributed by atoms with Gasteiger partial charge in [0.05, 0.1) is 34.7 Å². The Morgan fingerprint density at radius 3 is 2.16 bits per heavy atom. The van der Waals surface area contributed by atoms with E-state index in [1.54, 1.807) is 11.4 Å². The van der Waals surface area contributed by atoms with Gasteiger partial charge in [0.1, 0.15) is 29.0 Å². The number of aromatic nitrogens is 2. The van der Waals surface area contributed by atoms with E-state index in [0.29, 0.717) is 4.68 Å². The molecule has 2 N–H and O–H groups in total. The Bertz CT molecular complexity index is 1350. The fourth-order valence-corrected chi connectivity index (χ4v) is 5.00. The topological polar surface area (TPSA) is 109 Å². The molecule has 19 heteroatoms. The van der Waals surface area contributed by atoms with Gasteiger partial charge in [0, 0.05) is 0 Å². The number of carbonyl (C=O) groups is 2. The Balaban J connectivity index is 2.19. The maximum Gasteiger partial charge on any atom is 0.405 e. The monoisotopic (exact) mass is 615 g/mol. The number of benzene rings is 1. The first-order valence-electron chi connectivity index (χ1n) is 10.1. The molecule has 0 atom stereocenters. The van der Waals surface area contributed by atoms with Gasteiger partial charge in [-0.15, -0.1) is 0 Å². The number of halogens is 10. The summed E-state index contributed by atoms with van der Waals surface area (Å²) in [6.07, 6.45) is -4.55. The van der Waals surface area contributed by atoms with Crippen molar-refractivity contribution in [2.45, 2.75) is 29.3 Å². The third-order valence-corrected chi connectivity index (χ3v) is 7.05. The number of alkyl halides is 3. The molecule has 2 aromatic rings. The van der Waals surface area contributed by atoms with Crippen LogP contribution in [0.5, 0.6) is 0 Å². The third kappa shape index (κ3) is 6.02. The van der Waals surface area contributed by atoms with Crippen molar-refractivity contribution in [3.63, 3.8) is 0 Å². The largest absolute Gasteiger partial charge is 0.468 e. The van der Waals surface area contributed by atoms with Crippen molar-refractivity contribution in [3.8, 4) is 11.8 Å². The molecule has 0 radical (unpaired) electrons. The molecule has 3 rings (SSSR count). The highest BCUT2D eigenvalue weighted by Crippen LogP contribution is 3.02. The van der Waals surface area contributed by atoms with Gasteiger partial charge >= 0.3 is 22.4 Å². The van der Waals surface area contributed by atoms with Crippen LogP contribution in [0.2, 0.25) is 10.0 Å². The second kappa shape index (κ2) is 8.78. The van der Waals surface area contributed by atoms with E-state index in [9.17, 15) is 47.5 Å². The molecule has 1 aromatic carbocycles. The molecule has 0 bridgehead atoms. The van der Waals surface area contributed by atoms with Crippen molar-refractivity contribution in [2.75, 3.05) is 25.5 Å². The second-order valence-corrected chi connectivity index (χ2v) is 11.3. The molecule has 1 aromatic heterocycles. The van der Waals surface area contributed by atoms with Crippen molar-refractivity contribution < 1.29 is 46.9 Å². The Morgan fingerprint density at radius 1 is 1.18 bits per heavy atom. The van der Waals surface area contributed by atoms with Gasteiger partial charge in [-0.2, -0.15) is 23.5 Å².